The maximum absolute atomic E-state index is 12.0. The van der Waals surface area contributed by atoms with Gasteiger partial charge in [0.15, 0.2) is 0 Å². The lowest BCUT2D eigenvalue weighted by Gasteiger charge is -2.47. The van der Waals surface area contributed by atoms with Crippen LogP contribution in [0.3, 0.4) is 0 Å². The fraction of sp³-hybridized carbons (Fsp3) is 0.824. The van der Waals surface area contributed by atoms with Gasteiger partial charge < -0.3 is 9.80 Å². The molecule has 1 amide bonds. The van der Waals surface area contributed by atoms with E-state index in [0.29, 0.717) is 11.3 Å². The third-order valence-electron chi connectivity index (χ3n) is 5.27. The molecule has 2 saturated heterocycles. The molecule has 2 aliphatic heterocycles. The molecule has 2 rings (SSSR count). The Morgan fingerprint density at radius 2 is 2.10 bits per heavy atom. The molecule has 21 heavy (non-hydrogen) atoms. The van der Waals surface area contributed by atoms with Crippen molar-refractivity contribution in [2.24, 2.45) is 5.41 Å². The van der Waals surface area contributed by atoms with Gasteiger partial charge in [-0.3, -0.25) is 4.79 Å². The van der Waals surface area contributed by atoms with E-state index in [1.165, 1.54) is 38.9 Å². The normalized spacial score (nSPS) is 24.3. The smallest absolute Gasteiger partial charge is 0.222 e. The van der Waals surface area contributed by atoms with E-state index in [1.807, 2.05) is 22.7 Å². The largest absolute Gasteiger partial charge is 0.338 e. The Morgan fingerprint density at radius 3 is 2.71 bits per heavy atom. The lowest BCUT2D eigenvalue weighted by Crippen LogP contribution is -2.51. The topological polar surface area (TPSA) is 23.6 Å². The molecule has 0 aromatic rings. The molecule has 0 aromatic carbocycles. The lowest BCUT2D eigenvalue weighted by molar-refractivity contribution is -0.138. The van der Waals surface area contributed by atoms with Crippen molar-refractivity contribution in [2.45, 2.75) is 44.3 Å². The van der Waals surface area contributed by atoms with Gasteiger partial charge >= 0.3 is 0 Å². The Kier molecular flexibility index (Phi) is 6.18. The van der Waals surface area contributed by atoms with Crippen LogP contribution < -0.4 is 0 Å². The van der Waals surface area contributed by atoms with Crippen LogP contribution in [0.2, 0.25) is 0 Å². The first-order chi connectivity index (χ1) is 10.1. The molecular formula is C17H30N2OS. The zero-order valence-corrected chi connectivity index (χ0v) is 14.5. The first-order valence-corrected chi connectivity index (χ1v) is 9.51. The van der Waals surface area contributed by atoms with Gasteiger partial charge in [0.05, 0.1) is 0 Å². The molecule has 4 heteroatoms. The fourth-order valence-electron chi connectivity index (χ4n) is 3.57. The molecule has 3 nitrogen and oxygen atoms in total. The van der Waals surface area contributed by atoms with Gasteiger partial charge in [-0.1, -0.05) is 13.0 Å². The Hall–Kier alpha value is -0.480. The third kappa shape index (κ3) is 4.49. The van der Waals surface area contributed by atoms with Crippen LogP contribution in [0.5, 0.6) is 0 Å². The van der Waals surface area contributed by atoms with Crippen LogP contribution in [-0.2, 0) is 4.79 Å². The van der Waals surface area contributed by atoms with E-state index in [9.17, 15) is 4.79 Å². The SMILES string of the molecule is C=CCN1CC2(CCC1=O)CCN(CC[C@@H](C)SC)CC2. The quantitative estimate of drug-likeness (QED) is 0.705. The Balaban J connectivity index is 1.82. The minimum Gasteiger partial charge on any atom is -0.338 e. The van der Waals surface area contributed by atoms with Gasteiger partial charge in [-0.15, -0.1) is 6.58 Å². The number of likely N-dealkylation sites (tertiary alicyclic amines) is 2. The first kappa shape index (κ1) is 16.9. The summed E-state index contributed by atoms with van der Waals surface area (Å²) in [6.07, 6.45) is 9.67. The van der Waals surface area contributed by atoms with Crippen molar-refractivity contribution in [1.82, 2.24) is 9.80 Å². The van der Waals surface area contributed by atoms with Crippen molar-refractivity contribution in [3.63, 3.8) is 0 Å². The van der Waals surface area contributed by atoms with Crippen LogP contribution in [0.25, 0.3) is 0 Å². The van der Waals surface area contributed by atoms with Crippen LogP contribution in [-0.4, -0.2) is 59.9 Å². The molecule has 0 saturated carbocycles. The molecular weight excluding hydrogens is 280 g/mol. The zero-order valence-electron chi connectivity index (χ0n) is 13.6. The molecule has 0 unspecified atom stereocenters. The van der Waals surface area contributed by atoms with E-state index in [2.05, 4.69) is 24.7 Å². The molecule has 120 valence electrons. The molecule has 0 aromatic heterocycles. The van der Waals surface area contributed by atoms with E-state index in [0.717, 1.165) is 31.2 Å². The average molecular weight is 311 g/mol. The van der Waals surface area contributed by atoms with Gasteiger partial charge in [0.2, 0.25) is 5.91 Å². The molecule has 2 fully saturated rings. The van der Waals surface area contributed by atoms with E-state index >= 15 is 0 Å². The number of hydrogen-bond acceptors (Lipinski definition) is 3. The van der Waals surface area contributed by atoms with Gasteiger partial charge in [-0.2, -0.15) is 11.8 Å². The second-order valence-electron chi connectivity index (χ2n) is 6.74. The molecule has 2 aliphatic rings. The Labute approximate surface area is 134 Å². The number of hydrogen-bond donors (Lipinski definition) is 0. The van der Waals surface area contributed by atoms with Gasteiger partial charge in [-0.25, -0.2) is 0 Å². The van der Waals surface area contributed by atoms with Crippen molar-refractivity contribution < 1.29 is 4.79 Å². The molecule has 0 bridgehead atoms. The summed E-state index contributed by atoms with van der Waals surface area (Å²) in [4.78, 5) is 16.6. The van der Waals surface area contributed by atoms with E-state index in [-0.39, 0.29) is 0 Å². The molecule has 0 aliphatic carbocycles. The van der Waals surface area contributed by atoms with Gasteiger partial charge in [0, 0.05) is 24.8 Å². The van der Waals surface area contributed by atoms with Crippen LogP contribution in [0, 0.1) is 5.41 Å². The van der Waals surface area contributed by atoms with E-state index in [4.69, 9.17) is 0 Å². The maximum atomic E-state index is 12.0. The Morgan fingerprint density at radius 1 is 1.38 bits per heavy atom. The highest BCUT2D eigenvalue weighted by Gasteiger charge is 2.40. The number of thioether (sulfide) groups is 1. The summed E-state index contributed by atoms with van der Waals surface area (Å²) in [5, 5.41) is 0.760. The number of carbonyl (C=O) groups excluding carboxylic acids is 1. The number of piperidine rings is 2. The summed E-state index contributed by atoms with van der Waals surface area (Å²) < 4.78 is 0. The van der Waals surface area contributed by atoms with Crippen LogP contribution in [0.15, 0.2) is 12.7 Å². The minimum atomic E-state index is 0.316. The first-order valence-electron chi connectivity index (χ1n) is 8.22. The monoisotopic (exact) mass is 310 g/mol. The van der Waals surface area contributed by atoms with E-state index in [1.54, 1.807) is 0 Å². The highest BCUT2D eigenvalue weighted by Crippen LogP contribution is 2.40. The highest BCUT2D eigenvalue weighted by molar-refractivity contribution is 7.99. The van der Waals surface area contributed by atoms with Gasteiger partial charge in [-0.05, 0) is 57.0 Å². The van der Waals surface area contributed by atoms with Crippen LogP contribution in [0.1, 0.15) is 39.0 Å². The van der Waals surface area contributed by atoms with Crippen LogP contribution in [0.4, 0.5) is 0 Å². The van der Waals surface area contributed by atoms with Crippen molar-refractivity contribution in [1.29, 1.82) is 0 Å². The number of nitrogens with zero attached hydrogens (tertiary/aromatic N) is 2. The highest BCUT2D eigenvalue weighted by atomic mass is 32.2. The third-order valence-corrected chi connectivity index (χ3v) is 6.31. The minimum absolute atomic E-state index is 0.316. The van der Waals surface area contributed by atoms with Crippen molar-refractivity contribution >= 4 is 17.7 Å². The predicted molar refractivity (Wildman–Crippen MR) is 91.7 cm³/mol. The molecule has 1 atom stereocenters. The summed E-state index contributed by atoms with van der Waals surface area (Å²) in [5.41, 5.74) is 0.387. The standard InChI is InChI=1S/C17H30N2OS/c1-4-10-19-14-17(7-5-16(19)20)8-12-18(13-9-17)11-6-15(2)21-3/h4,15H,1,5-14H2,2-3H3/t15-/m1/s1. The van der Waals surface area contributed by atoms with E-state index < -0.39 is 0 Å². The number of rotatable bonds is 6. The predicted octanol–water partition coefficient (Wildman–Crippen LogP) is 3.02. The fourth-order valence-corrected chi connectivity index (χ4v) is 3.91. The summed E-state index contributed by atoms with van der Waals surface area (Å²) in [5.74, 6) is 0.316. The van der Waals surface area contributed by atoms with Crippen molar-refractivity contribution in [3.8, 4) is 0 Å². The molecule has 1 spiro atoms. The summed E-state index contributed by atoms with van der Waals surface area (Å²) in [6.45, 7) is 11.4. The summed E-state index contributed by atoms with van der Waals surface area (Å²) in [7, 11) is 0. The Bertz CT molecular complexity index is 364. The zero-order chi connectivity index (χ0) is 15.3. The van der Waals surface area contributed by atoms with Crippen LogP contribution >= 0.6 is 11.8 Å². The summed E-state index contributed by atoms with van der Waals surface area (Å²) in [6, 6.07) is 0. The summed E-state index contributed by atoms with van der Waals surface area (Å²) >= 11 is 1.96. The van der Waals surface area contributed by atoms with Gasteiger partial charge in [0.25, 0.3) is 0 Å². The maximum Gasteiger partial charge on any atom is 0.222 e. The molecule has 2 heterocycles. The average Bonchev–Trinajstić information content (AvgIpc) is 2.50. The second kappa shape index (κ2) is 7.68. The van der Waals surface area contributed by atoms with Crippen molar-refractivity contribution in [2.75, 3.05) is 39.0 Å². The lowest BCUT2D eigenvalue weighted by atomic mass is 9.72. The molecule has 0 radical (unpaired) electrons. The van der Waals surface area contributed by atoms with Gasteiger partial charge in [0.1, 0.15) is 0 Å². The number of carbonyl (C=O) groups is 1. The number of amides is 1. The molecule has 0 N–H and O–H groups in total. The second-order valence-corrected chi connectivity index (χ2v) is 8.02. The van der Waals surface area contributed by atoms with Crippen molar-refractivity contribution in [3.05, 3.63) is 12.7 Å².